The van der Waals surface area contributed by atoms with Crippen LogP contribution in [0.2, 0.25) is 0 Å². The lowest BCUT2D eigenvalue weighted by molar-refractivity contribution is -0.870. The van der Waals surface area contributed by atoms with Crippen molar-refractivity contribution >= 4 is 19.7 Å². The van der Waals surface area contributed by atoms with E-state index in [1.807, 2.05) is 33.3 Å². The molecule has 0 fully saturated rings. The number of allylic oxidation sites excluding steroid dienone is 17. The van der Waals surface area contributed by atoms with Gasteiger partial charge in [-0.1, -0.05) is 220 Å². The lowest BCUT2D eigenvalue weighted by Gasteiger charge is -2.27. The molecule has 0 radical (unpaired) electrons. The molecule has 0 saturated carbocycles. The number of hydrogen-bond acceptors (Lipinski definition) is 6. The standard InChI is InChI=1S/C64H111N2O7P/c1-7-10-13-16-19-22-25-27-29-31-32-33-34-35-37-39-42-45-48-51-54-57-64(68)73-62(55-52-49-46-43-40-24-21-18-15-12-9-3)61(60-72-74(69,70)71-59-58-66(4,5)6)65-63(67)56-53-50-47-44-41-38-36-30-28-26-23-20-17-14-11-8-2/h10-11,13-14,19-20,22-23,27-30,32-33,35,37,52,55,61-62H,7-9,12,15-18,21,24-26,31,34,36,38-51,53-54,56-60H2,1-6H3,(H-,65,67,69,70)/p+1/b13-10-,14-11+,22-19-,23-20+,29-27-,30-28+,33-32-,37-35-,55-52+. The Kier molecular flexibility index (Phi) is 50.7. The van der Waals surface area contributed by atoms with Gasteiger partial charge < -0.3 is 19.4 Å². The number of carbonyl (C=O) groups excluding carboxylic acids is 2. The van der Waals surface area contributed by atoms with E-state index in [1.54, 1.807) is 0 Å². The summed E-state index contributed by atoms with van der Waals surface area (Å²) in [5, 5.41) is 3.03. The number of amides is 1. The topological polar surface area (TPSA) is 111 Å². The monoisotopic (exact) mass is 1050 g/mol. The van der Waals surface area contributed by atoms with Gasteiger partial charge in [0.25, 0.3) is 0 Å². The Bertz CT molecular complexity index is 1640. The van der Waals surface area contributed by atoms with Gasteiger partial charge in [0.2, 0.25) is 5.91 Å². The predicted octanol–water partition coefficient (Wildman–Crippen LogP) is 18.2. The molecule has 0 aromatic heterocycles. The Morgan fingerprint density at radius 2 is 0.865 bits per heavy atom. The first-order valence-corrected chi connectivity index (χ1v) is 31.2. The van der Waals surface area contributed by atoms with E-state index in [0.717, 1.165) is 148 Å². The zero-order valence-corrected chi connectivity index (χ0v) is 49.2. The van der Waals surface area contributed by atoms with E-state index in [0.29, 0.717) is 23.9 Å². The minimum absolute atomic E-state index is 0.0282. The molecule has 9 nitrogen and oxygen atoms in total. The molecule has 74 heavy (non-hydrogen) atoms. The second-order valence-corrected chi connectivity index (χ2v) is 22.2. The van der Waals surface area contributed by atoms with Crippen molar-refractivity contribution in [2.24, 2.45) is 0 Å². The first-order chi connectivity index (χ1) is 35.9. The number of ether oxygens (including phenoxy) is 1. The molecule has 0 aliphatic heterocycles. The molecule has 3 atom stereocenters. The molecular formula is C64H112N2O7P+. The molecule has 3 unspecified atom stereocenters. The van der Waals surface area contributed by atoms with E-state index in [1.165, 1.54) is 44.9 Å². The average molecular weight is 1050 g/mol. The second-order valence-electron chi connectivity index (χ2n) is 20.8. The molecular weight excluding hydrogens is 940 g/mol. The van der Waals surface area contributed by atoms with Crippen LogP contribution in [-0.4, -0.2) is 74.3 Å². The molecule has 424 valence electrons. The SMILES string of the molecule is CC/C=C\C/C=C\C/C=C\C/C=C\C/C=C\CCCCCCCC(=O)OC(/C=C/CCCCCCCCCCC)C(COP(=O)(O)OCC[N+](C)(C)C)NC(=O)CCCCCCCC/C=C/C/C=C/C/C=C/CC. The molecule has 0 saturated heterocycles. The van der Waals surface area contributed by atoms with Gasteiger partial charge in [-0.05, 0) is 109 Å². The van der Waals surface area contributed by atoms with Crippen LogP contribution in [0.5, 0.6) is 0 Å². The van der Waals surface area contributed by atoms with Gasteiger partial charge in [0.15, 0.2) is 0 Å². The second kappa shape index (κ2) is 53.1. The number of nitrogens with one attached hydrogen (secondary N) is 1. The summed E-state index contributed by atoms with van der Waals surface area (Å²) in [5.74, 6) is -0.550. The molecule has 2 N–H and O–H groups in total. The Morgan fingerprint density at radius 3 is 1.30 bits per heavy atom. The minimum Gasteiger partial charge on any atom is -0.456 e. The van der Waals surface area contributed by atoms with Crippen LogP contribution in [0.15, 0.2) is 109 Å². The van der Waals surface area contributed by atoms with Crippen LogP contribution in [0.3, 0.4) is 0 Å². The van der Waals surface area contributed by atoms with Gasteiger partial charge >= 0.3 is 13.8 Å². The summed E-state index contributed by atoms with van der Waals surface area (Å²) in [6.07, 6.45) is 72.2. The molecule has 0 aromatic rings. The molecule has 0 aliphatic carbocycles. The number of likely N-dealkylation sites (N-methyl/N-ethyl adjacent to an activating group) is 1. The molecule has 10 heteroatoms. The van der Waals surface area contributed by atoms with Crippen LogP contribution in [0.4, 0.5) is 0 Å². The third kappa shape index (κ3) is 53.5. The van der Waals surface area contributed by atoms with Crippen molar-refractivity contribution in [1.29, 1.82) is 0 Å². The van der Waals surface area contributed by atoms with Gasteiger partial charge in [-0.2, -0.15) is 0 Å². The molecule has 0 bridgehead atoms. The summed E-state index contributed by atoms with van der Waals surface area (Å²) in [6, 6.07) is -0.870. The van der Waals surface area contributed by atoms with E-state index >= 15 is 0 Å². The van der Waals surface area contributed by atoms with Gasteiger partial charge in [-0.25, -0.2) is 4.57 Å². The highest BCUT2D eigenvalue weighted by atomic mass is 31.2. The van der Waals surface area contributed by atoms with Crippen LogP contribution >= 0.6 is 7.82 Å². The quantitative estimate of drug-likeness (QED) is 0.0205. The van der Waals surface area contributed by atoms with E-state index in [2.05, 4.69) is 123 Å². The Morgan fingerprint density at radius 1 is 0.486 bits per heavy atom. The number of hydrogen-bond donors (Lipinski definition) is 2. The van der Waals surface area contributed by atoms with Crippen molar-refractivity contribution in [1.82, 2.24) is 5.32 Å². The van der Waals surface area contributed by atoms with Crippen molar-refractivity contribution in [3.63, 3.8) is 0 Å². The maximum Gasteiger partial charge on any atom is 0.472 e. The summed E-state index contributed by atoms with van der Waals surface area (Å²) in [6.45, 7) is 6.74. The smallest absolute Gasteiger partial charge is 0.456 e. The van der Waals surface area contributed by atoms with E-state index < -0.39 is 20.0 Å². The first-order valence-electron chi connectivity index (χ1n) is 29.7. The highest BCUT2D eigenvalue weighted by Gasteiger charge is 2.30. The number of nitrogens with zero attached hydrogens (tertiary/aromatic N) is 1. The predicted molar refractivity (Wildman–Crippen MR) is 318 cm³/mol. The Labute approximate surface area is 455 Å². The fraction of sp³-hybridized carbons (Fsp3) is 0.688. The van der Waals surface area contributed by atoms with Gasteiger partial charge in [0.05, 0.1) is 33.8 Å². The van der Waals surface area contributed by atoms with E-state index in [-0.39, 0.29) is 31.5 Å². The fourth-order valence-corrected chi connectivity index (χ4v) is 8.66. The van der Waals surface area contributed by atoms with E-state index in [9.17, 15) is 19.0 Å². The van der Waals surface area contributed by atoms with Gasteiger partial charge in [-0.15, -0.1) is 0 Å². The zero-order valence-electron chi connectivity index (χ0n) is 48.3. The molecule has 0 spiro atoms. The van der Waals surface area contributed by atoms with Crippen molar-refractivity contribution in [2.45, 2.75) is 245 Å². The molecule has 0 aromatic carbocycles. The molecule has 1 amide bonds. The van der Waals surface area contributed by atoms with Crippen LogP contribution in [0.25, 0.3) is 0 Å². The first kappa shape index (κ1) is 70.7. The number of esters is 1. The summed E-state index contributed by atoms with van der Waals surface area (Å²) in [5.41, 5.74) is 0. The maximum atomic E-state index is 13.5. The lowest BCUT2D eigenvalue weighted by atomic mass is 10.1. The summed E-state index contributed by atoms with van der Waals surface area (Å²) < 4.78 is 30.6. The number of rotatable bonds is 52. The van der Waals surface area contributed by atoms with Crippen molar-refractivity contribution in [2.75, 3.05) is 40.9 Å². The number of carbonyl (C=O) groups is 2. The minimum atomic E-state index is -4.46. The normalized spacial score (nSPS) is 14.5. The number of phosphoric ester groups is 1. The molecule has 0 heterocycles. The molecule has 0 rings (SSSR count). The number of phosphoric acid groups is 1. The van der Waals surface area contributed by atoms with Crippen molar-refractivity contribution in [3.05, 3.63) is 109 Å². The molecule has 0 aliphatic rings. The van der Waals surface area contributed by atoms with E-state index in [4.69, 9.17) is 13.8 Å². The highest BCUT2D eigenvalue weighted by Crippen LogP contribution is 2.43. The Hall–Kier alpha value is -3.33. The average Bonchev–Trinajstić information content (AvgIpc) is 3.36. The fourth-order valence-electron chi connectivity index (χ4n) is 7.92. The highest BCUT2D eigenvalue weighted by molar-refractivity contribution is 7.47. The zero-order chi connectivity index (χ0) is 54.3. The van der Waals surface area contributed by atoms with Crippen LogP contribution < -0.4 is 5.32 Å². The number of quaternary nitrogens is 1. The summed E-state index contributed by atoms with van der Waals surface area (Å²) in [4.78, 5) is 37.6. The van der Waals surface area contributed by atoms with Crippen LogP contribution in [0, 0.1) is 0 Å². The van der Waals surface area contributed by atoms with Gasteiger partial charge in [0, 0.05) is 12.8 Å². The summed E-state index contributed by atoms with van der Waals surface area (Å²) in [7, 11) is 1.46. The van der Waals surface area contributed by atoms with Crippen molar-refractivity contribution in [3.8, 4) is 0 Å². The maximum absolute atomic E-state index is 13.5. The van der Waals surface area contributed by atoms with Crippen molar-refractivity contribution < 1.29 is 37.3 Å². The van der Waals surface area contributed by atoms with Crippen LogP contribution in [-0.2, 0) is 27.9 Å². The summed E-state index contributed by atoms with van der Waals surface area (Å²) >= 11 is 0. The number of unbranched alkanes of at least 4 members (excludes halogenated alkanes) is 20. The lowest BCUT2D eigenvalue weighted by Crippen LogP contribution is -2.47. The van der Waals surface area contributed by atoms with Gasteiger partial charge in [-0.3, -0.25) is 18.6 Å². The third-order valence-corrected chi connectivity index (χ3v) is 13.4. The largest absolute Gasteiger partial charge is 0.472 e. The third-order valence-electron chi connectivity index (χ3n) is 12.5. The van der Waals surface area contributed by atoms with Gasteiger partial charge in [0.1, 0.15) is 19.3 Å². The van der Waals surface area contributed by atoms with Crippen LogP contribution in [0.1, 0.15) is 233 Å². The Balaban J connectivity index is 5.32.